The Morgan fingerprint density at radius 3 is 2.83 bits per heavy atom. The van der Waals surface area contributed by atoms with Crippen LogP contribution in [0.4, 0.5) is 5.69 Å². The van der Waals surface area contributed by atoms with Gasteiger partial charge in [-0.05, 0) is 24.6 Å². The lowest BCUT2D eigenvalue weighted by Gasteiger charge is -2.07. The molecule has 0 fully saturated rings. The highest BCUT2D eigenvalue weighted by Gasteiger charge is 2.05. The Morgan fingerprint density at radius 1 is 1.39 bits per heavy atom. The maximum atomic E-state index is 9.00. The first-order chi connectivity index (χ1) is 8.74. The van der Waals surface area contributed by atoms with Crippen molar-refractivity contribution < 1.29 is 0 Å². The first-order valence-corrected chi connectivity index (χ1v) is 5.99. The van der Waals surface area contributed by atoms with E-state index in [0.717, 1.165) is 23.5 Å². The zero-order valence-electron chi connectivity index (χ0n) is 10.6. The minimum absolute atomic E-state index is 0.662. The second kappa shape index (κ2) is 5.37. The highest BCUT2D eigenvalue weighted by Crippen LogP contribution is 2.15. The van der Waals surface area contributed by atoms with Crippen molar-refractivity contribution >= 4 is 5.69 Å². The summed E-state index contributed by atoms with van der Waals surface area (Å²) in [7, 11) is 1.94. The van der Waals surface area contributed by atoms with Crippen LogP contribution in [0.2, 0.25) is 0 Å². The number of rotatable bonds is 4. The molecule has 4 heteroatoms. The maximum absolute atomic E-state index is 9.00. The van der Waals surface area contributed by atoms with Gasteiger partial charge in [-0.2, -0.15) is 10.4 Å². The van der Waals surface area contributed by atoms with Gasteiger partial charge in [-0.25, -0.2) is 0 Å². The maximum Gasteiger partial charge on any atom is 0.101 e. The van der Waals surface area contributed by atoms with Crippen LogP contribution in [0.15, 0.2) is 30.3 Å². The zero-order valence-corrected chi connectivity index (χ0v) is 10.6. The number of hydrogen-bond acceptors (Lipinski definition) is 3. The Balaban J connectivity index is 2.11. The summed E-state index contributed by atoms with van der Waals surface area (Å²) in [6.45, 7) is 2.76. The van der Waals surface area contributed by atoms with Crippen molar-refractivity contribution in [3.63, 3.8) is 0 Å². The quantitative estimate of drug-likeness (QED) is 0.893. The zero-order chi connectivity index (χ0) is 13.0. The molecule has 0 aliphatic carbocycles. The van der Waals surface area contributed by atoms with Crippen LogP contribution in [0.3, 0.4) is 0 Å². The van der Waals surface area contributed by atoms with E-state index < -0.39 is 0 Å². The van der Waals surface area contributed by atoms with Gasteiger partial charge >= 0.3 is 0 Å². The predicted octanol–water partition coefficient (Wildman–Crippen LogP) is 2.47. The van der Waals surface area contributed by atoms with Crippen LogP contribution in [0.5, 0.6) is 0 Å². The first kappa shape index (κ1) is 12.2. The summed E-state index contributed by atoms with van der Waals surface area (Å²) in [5, 5.41) is 16.7. The molecular weight excluding hydrogens is 224 g/mol. The summed E-state index contributed by atoms with van der Waals surface area (Å²) in [5.41, 5.74) is 3.72. The molecule has 0 atom stereocenters. The molecule has 2 rings (SSSR count). The average molecular weight is 240 g/mol. The molecule has 1 aromatic heterocycles. The fourth-order valence-electron chi connectivity index (χ4n) is 1.83. The number of aryl methyl sites for hydroxylation is 2. The molecule has 4 nitrogen and oxygen atoms in total. The molecule has 1 heterocycles. The molecule has 0 saturated heterocycles. The normalized spacial score (nSPS) is 10.1. The molecule has 0 aliphatic heterocycles. The number of aromatic nitrogens is 2. The highest BCUT2D eigenvalue weighted by molar-refractivity contribution is 5.57. The molecule has 0 radical (unpaired) electrons. The van der Waals surface area contributed by atoms with Gasteiger partial charge in [0.15, 0.2) is 0 Å². The Hall–Kier alpha value is -2.28. The number of hydrogen-bond donors (Lipinski definition) is 1. The molecule has 92 valence electrons. The standard InChI is InChI=1S/C14H16N4/c1-3-12-8-13(18(2)17-12)10-16-14-7-5-4-6-11(14)9-15/h4-8,16H,3,10H2,1-2H3. The molecule has 0 aliphatic rings. The van der Waals surface area contributed by atoms with Crippen LogP contribution >= 0.6 is 0 Å². The molecule has 0 bridgehead atoms. The van der Waals surface area contributed by atoms with E-state index in [1.165, 1.54) is 0 Å². The third-order valence-electron chi connectivity index (χ3n) is 2.90. The molecule has 1 N–H and O–H groups in total. The Bertz CT molecular complexity index is 578. The van der Waals surface area contributed by atoms with Gasteiger partial charge in [0, 0.05) is 7.05 Å². The summed E-state index contributed by atoms with van der Waals surface area (Å²) in [6.07, 6.45) is 0.933. The molecule has 18 heavy (non-hydrogen) atoms. The number of nitriles is 1. The van der Waals surface area contributed by atoms with E-state index in [0.29, 0.717) is 12.1 Å². The van der Waals surface area contributed by atoms with Gasteiger partial charge in [-0.15, -0.1) is 0 Å². The lowest BCUT2D eigenvalue weighted by molar-refractivity contribution is 0.707. The van der Waals surface area contributed by atoms with E-state index >= 15 is 0 Å². The number of benzene rings is 1. The highest BCUT2D eigenvalue weighted by atomic mass is 15.3. The van der Waals surface area contributed by atoms with Crippen molar-refractivity contribution in [2.45, 2.75) is 19.9 Å². The second-order valence-electron chi connectivity index (χ2n) is 4.12. The summed E-state index contributed by atoms with van der Waals surface area (Å²) in [5.74, 6) is 0. The first-order valence-electron chi connectivity index (χ1n) is 5.99. The van der Waals surface area contributed by atoms with Crippen LogP contribution in [0.25, 0.3) is 0 Å². The molecule has 0 saturated carbocycles. The third-order valence-corrected chi connectivity index (χ3v) is 2.90. The predicted molar refractivity (Wildman–Crippen MR) is 71.1 cm³/mol. The van der Waals surface area contributed by atoms with E-state index in [9.17, 15) is 0 Å². The van der Waals surface area contributed by atoms with Crippen molar-refractivity contribution in [2.24, 2.45) is 7.05 Å². The Kier molecular flexibility index (Phi) is 3.63. The fraction of sp³-hybridized carbons (Fsp3) is 0.286. The minimum atomic E-state index is 0.662. The smallest absolute Gasteiger partial charge is 0.101 e. The molecule has 0 unspecified atom stereocenters. The minimum Gasteiger partial charge on any atom is -0.378 e. The number of nitrogens with zero attached hydrogens (tertiary/aromatic N) is 3. The van der Waals surface area contributed by atoms with Gasteiger partial charge in [0.2, 0.25) is 0 Å². The van der Waals surface area contributed by atoms with Gasteiger partial charge in [0.1, 0.15) is 6.07 Å². The van der Waals surface area contributed by atoms with E-state index in [1.54, 1.807) is 0 Å². The van der Waals surface area contributed by atoms with E-state index in [2.05, 4.69) is 29.5 Å². The largest absolute Gasteiger partial charge is 0.378 e. The van der Waals surface area contributed by atoms with Crippen molar-refractivity contribution in [2.75, 3.05) is 5.32 Å². The summed E-state index contributed by atoms with van der Waals surface area (Å²) < 4.78 is 1.88. The van der Waals surface area contributed by atoms with Crippen molar-refractivity contribution in [3.05, 3.63) is 47.3 Å². The lowest BCUT2D eigenvalue weighted by atomic mass is 10.2. The van der Waals surface area contributed by atoms with Gasteiger partial charge in [0.05, 0.1) is 29.2 Å². The van der Waals surface area contributed by atoms with Crippen molar-refractivity contribution in [3.8, 4) is 6.07 Å². The molecule has 2 aromatic rings. The van der Waals surface area contributed by atoms with Crippen LogP contribution < -0.4 is 5.32 Å². The molecule has 1 aromatic carbocycles. The third kappa shape index (κ3) is 2.51. The summed E-state index contributed by atoms with van der Waals surface area (Å²) in [4.78, 5) is 0. The van der Waals surface area contributed by atoms with Gasteiger partial charge < -0.3 is 5.32 Å². The van der Waals surface area contributed by atoms with Crippen LogP contribution in [-0.2, 0) is 20.0 Å². The monoisotopic (exact) mass is 240 g/mol. The SMILES string of the molecule is CCc1cc(CNc2ccccc2C#N)n(C)n1. The van der Waals surface area contributed by atoms with Gasteiger partial charge in [-0.3, -0.25) is 4.68 Å². The van der Waals surface area contributed by atoms with Crippen LogP contribution in [0.1, 0.15) is 23.9 Å². The lowest BCUT2D eigenvalue weighted by Crippen LogP contribution is -2.06. The van der Waals surface area contributed by atoms with Crippen molar-refractivity contribution in [1.29, 1.82) is 5.26 Å². The second-order valence-corrected chi connectivity index (χ2v) is 4.12. The van der Waals surface area contributed by atoms with Crippen LogP contribution in [-0.4, -0.2) is 9.78 Å². The van der Waals surface area contributed by atoms with Gasteiger partial charge in [-0.1, -0.05) is 19.1 Å². The van der Waals surface area contributed by atoms with Crippen molar-refractivity contribution in [1.82, 2.24) is 9.78 Å². The number of nitrogens with one attached hydrogen (secondary N) is 1. The van der Waals surface area contributed by atoms with E-state index in [1.807, 2.05) is 36.0 Å². The average Bonchev–Trinajstić information content (AvgIpc) is 2.77. The summed E-state index contributed by atoms with van der Waals surface area (Å²) in [6, 6.07) is 11.8. The molecular formula is C14H16N4. The molecule has 0 spiro atoms. The number of para-hydroxylation sites is 1. The Morgan fingerprint density at radius 2 is 2.17 bits per heavy atom. The van der Waals surface area contributed by atoms with Crippen LogP contribution in [0, 0.1) is 11.3 Å². The van der Waals surface area contributed by atoms with E-state index in [-0.39, 0.29) is 0 Å². The summed E-state index contributed by atoms with van der Waals surface area (Å²) >= 11 is 0. The van der Waals surface area contributed by atoms with Gasteiger partial charge in [0.25, 0.3) is 0 Å². The Labute approximate surface area is 107 Å². The van der Waals surface area contributed by atoms with E-state index in [4.69, 9.17) is 5.26 Å². The number of anilines is 1. The molecule has 0 amide bonds. The topological polar surface area (TPSA) is 53.6 Å². The fourth-order valence-corrected chi connectivity index (χ4v) is 1.83.